The molecule has 0 aliphatic rings. The molecule has 0 spiro atoms. The van der Waals surface area contributed by atoms with E-state index in [0.717, 1.165) is 11.1 Å². The Morgan fingerprint density at radius 3 is 1.96 bits per heavy atom. The fourth-order valence-electron chi connectivity index (χ4n) is 3.51. The van der Waals surface area contributed by atoms with Gasteiger partial charge in [0.05, 0.1) is 26.2 Å². The zero-order valence-electron chi connectivity index (χ0n) is 16.4. The van der Waals surface area contributed by atoms with E-state index < -0.39 is 5.92 Å². The number of phenols is 1. The van der Waals surface area contributed by atoms with E-state index in [-0.39, 0.29) is 43.9 Å². The van der Waals surface area contributed by atoms with E-state index in [0.29, 0.717) is 12.2 Å². The second-order valence-electron chi connectivity index (χ2n) is 6.63. The quantitative estimate of drug-likeness (QED) is 0.583. The third kappa shape index (κ3) is 5.24. The van der Waals surface area contributed by atoms with Crippen LogP contribution in [0.2, 0.25) is 0 Å². The predicted molar refractivity (Wildman–Crippen MR) is 108 cm³/mol. The van der Waals surface area contributed by atoms with Gasteiger partial charge < -0.3 is 25.0 Å². The van der Waals surface area contributed by atoms with Crippen molar-refractivity contribution in [3.63, 3.8) is 0 Å². The van der Waals surface area contributed by atoms with E-state index >= 15 is 0 Å². The second kappa shape index (κ2) is 10.7. The molecule has 28 heavy (non-hydrogen) atoms. The lowest BCUT2D eigenvalue weighted by Crippen LogP contribution is -2.40. The molecule has 0 heterocycles. The molecule has 0 fully saturated rings. The molecule has 6 nitrogen and oxygen atoms in total. The van der Waals surface area contributed by atoms with Crippen molar-refractivity contribution in [2.75, 3.05) is 33.4 Å². The SMILES string of the molecule is CCC(c1ccc(O)cc1)C(C(=O)N(CCO)CCO)c1ccc(OC)cc1. The van der Waals surface area contributed by atoms with Crippen LogP contribution >= 0.6 is 0 Å². The first-order valence-electron chi connectivity index (χ1n) is 9.49. The summed E-state index contributed by atoms with van der Waals surface area (Å²) < 4.78 is 5.23. The fraction of sp³-hybridized carbons (Fsp3) is 0.409. The van der Waals surface area contributed by atoms with E-state index in [2.05, 4.69) is 0 Å². The number of rotatable bonds is 10. The van der Waals surface area contributed by atoms with Crippen LogP contribution in [0.15, 0.2) is 48.5 Å². The van der Waals surface area contributed by atoms with Crippen molar-refractivity contribution in [1.82, 2.24) is 4.90 Å². The standard InChI is InChI=1S/C22H29NO5/c1-3-20(16-4-8-18(26)9-5-16)21(17-6-10-19(28-2)11-7-17)22(27)23(12-14-24)13-15-25/h4-11,20-21,24-26H,3,12-15H2,1-2H3. The van der Waals surface area contributed by atoms with E-state index in [1.54, 1.807) is 19.2 Å². The molecule has 0 saturated heterocycles. The minimum Gasteiger partial charge on any atom is -0.508 e. The number of ether oxygens (including phenoxy) is 1. The van der Waals surface area contributed by atoms with Gasteiger partial charge in [-0.3, -0.25) is 4.79 Å². The van der Waals surface area contributed by atoms with Crippen LogP contribution in [0.25, 0.3) is 0 Å². The van der Waals surface area contributed by atoms with Gasteiger partial charge in [-0.1, -0.05) is 31.2 Å². The molecule has 0 saturated carbocycles. The Morgan fingerprint density at radius 1 is 0.964 bits per heavy atom. The summed E-state index contributed by atoms with van der Waals surface area (Å²) in [5.74, 6) is 0.122. The van der Waals surface area contributed by atoms with Crippen molar-refractivity contribution in [1.29, 1.82) is 0 Å². The molecule has 0 aliphatic heterocycles. The Hall–Kier alpha value is -2.57. The van der Waals surface area contributed by atoms with Crippen LogP contribution < -0.4 is 4.74 Å². The van der Waals surface area contributed by atoms with Crippen LogP contribution in [-0.4, -0.2) is 59.5 Å². The van der Waals surface area contributed by atoms with Crippen molar-refractivity contribution < 1.29 is 24.9 Å². The van der Waals surface area contributed by atoms with Gasteiger partial charge in [-0.05, 0) is 47.7 Å². The first kappa shape index (κ1) is 21.7. The number of aromatic hydroxyl groups is 1. The molecule has 2 atom stereocenters. The van der Waals surface area contributed by atoms with E-state index in [9.17, 15) is 20.1 Å². The molecule has 6 heteroatoms. The van der Waals surface area contributed by atoms with Gasteiger partial charge in [0.15, 0.2) is 0 Å². The number of aliphatic hydroxyl groups is 2. The Labute approximate surface area is 166 Å². The Bertz CT molecular complexity index is 724. The molecule has 2 aromatic rings. The summed E-state index contributed by atoms with van der Waals surface area (Å²) in [6.45, 7) is 2.01. The Kier molecular flexibility index (Phi) is 8.29. The average Bonchev–Trinajstić information content (AvgIpc) is 2.72. The van der Waals surface area contributed by atoms with Gasteiger partial charge in [-0.25, -0.2) is 0 Å². The van der Waals surface area contributed by atoms with Crippen LogP contribution in [0.1, 0.15) is 36.3 Å². The van der Waals surface area contributed by atoms with Crippen LogP contribution in [0.4, 0.5) is 0 Å². The molecular formula is C22H29NO5. The van der Waals surface area contributed by atoms with Crippen LogP contribution in [-0.2, 0) is 4.79 Å². The number of hydrogen-bond donors (Lipinski definition) is 3. The lowest BCUT2D eigenvalue weighted by molar-refractivity contribution is -0.134. The van der Waals surface area contributed by atoms with Gasteiger partial charge in [0, 0.05) is 13.1 Å². The van der Waals surface area contributed by atoms with Gasteiger partial charge in [-0.2, -0.15) is 0 Å². The van der Waals surface area contributed by atoms with Gasteiger partial charge in [-0.15, -0.1) is 0 Å². The molecule has 0 aromatic heterocycles. The normalized spacial score (nSPS) is 13.0. The number of aliphatic hydroxyl groups excluding tert-OH is 2. The maximum Gasteiger partial charge on any atom is 0.230 e. The van der Waals surface area contributed by atoms with Crippen molar-refractivity contribution in [2.45, 2.75) is 25.2 Å². The summed E-state index contributed by atoms with van der Waals surface area (Å²) in [5, 5.41) is 28.3. The summed E-state index contributed by atoms with van der Waals surface area (Å²) in [6.07, 6.45) is 0.708. The smallest absolute Gasteiger partial charge is 0.230 e. The topological polar surface area (TPSA) is 90.2 Å². The van der Waals surface area contributed by atoms with Gasteiger partial charge in [0.2, 0.25) is 5.91 Å². The highest BCUT2D eigenvalue weighted by Crippen LogP contribution is 2.38. The summed E-state index contributed by atoms with van der Waals surface area (Å²) in [7, 11) is 1.59. The maximum atomic E-state index is 13.4. The molecule has 0 bridgehead atoms. The first-order valence-corrected chi connectivity index (χ1v) is 9.49. The lowest BCUT2D eigenvalue weighted by Gasteiger charge is -2.32. The summed E-state index contributed by atoms with van der Waals surface area (Å²) in [6, 6.07) is 14.3. The number of methoxy groups -OCH3 is 1. The van der Waals surface area contributed by atoms with Crippen LogP contribution in [0.5, 0.6) is 11.5 Å². The van der Waals surface area contributed by atoms with Gasteiger partial charge in [0.1, 0.15) is 11.5 Å². The van der Waals surface area contributed by atoms with E-state index in [1.807, 2.05) is 43.3 Å². The third-order valence-electron chi connectivity index (χ3n) is 4.96. The maximum absolute atomic E-state index is 13.4. The van der Waals surface area contributed by atoms with Crippen molar-refractivity contribution in [3.05, 3.63) is 59.7 Å². The van der Waals surface area contributed by atoms with Gasteiger partial charge >= 0.3 is 0 Å². The van der Waals surface area contributed by atoms with Crippen molar-refractivity contribution >= 4 is 5.91 Å². The van der Waals surface area contributed by atoms with E-state index in [1.165, 1.54) is 4.90 Å². The first-order chi connectivity index (χ1) is 13.5. The highest BCUT2D eigenvalue weighted by atomic mass is 16.5. The summed E-state index contributed by atoms with van der Waals surface area (Å²) in [5.41, 5.74) is 1.79. The number of nitrogens with zero attached hydrogens (tertiary/aromatic N) is 1. The largest absolute Gasteiger partial charge is 0.508 e. The Balaban J connectivity index is 2.48. The minimum atomic E-state index is -0.487. The number of amides is 1. The zero-order chi connectivity index (χ0) is 20.5. The molecule has 3 N–H and O–H groups in total. The minimum absolute atomic E-state index is 0.124. The average molecular weight is 387 g/mol. The number of carbonyl (C=O) groups is 1. The summed E-state index contributed by atoms with van der Waals surface area (Å²) in [4.78, 5) is 14.9. The number of carbonyl (C=O) groups excluding carboxylic acids is 1. The number of benzene rings is 2. The molecule has 1 amide bonds. The highest BCUT2D eigenvalue weighted by Gasteiger charge is 2.33. The van der Waals surface area contributed by atoms with Gasteiger partial charge in [0.25, 0.3) is 0 Å². The molecule has 2 rings (SSSR count). The fourth-order valence-corrected chi connectivity index (χ4v) is 3.51. The molecular weight excluding hydrogens is 358 g/mol. The Morgan fingerprint density at radius 2 is 1.50 bits per heavy atom. The van der Waals surface area contributed by atoms with Crippen LogP contribution in [0, 0.1) is 0 Å². The molecule has 2 unspecified atom stereocenters. The van der Waals surface area contributed by atoms with Crippen molar-refractivity contribution in [3.8, 4) is 11.5 Å². The predicted octanol–water partition coefficient (Wildman–Crippen LogP) is 2.49. The molecule has 0 radical (unpaired) electrons. The highest BCUT2D eigenvalue weighted by molar-refractivity contribution is 5.85. The molecule has 152 valence electrons. The number of phenolic OH excluding ortho intramolecular Hbond substituents is 1. The zero-order valence-corrected chi connectivity index (χ0v) is 16.4. The summed E-state index contributed by atoms with van der Waals surface area (Å²) >= 11 is 0. The van der Waals surface area contributed by atoms with E-state index in [4.69, 9.17) is 4.74 Å². The number of hydrogen-bond acceptors (Lipinski definition) is 5. The second-order valence-corrected chi connectivity index (χ2v) is 6.63. The van der Waals surface area contributed by atoms with Crippen LogP contribution in [0.3, 0.4) is 0 Å². The third-order valence-corrected chi connectivity index (χ3v) is 4.96. The monoisotopic (exact) mass is 387 g/mol. The molecule has 2 aromatic carbocycles. The van der Waals surface area contributed by atoms with Crippen molar-refractivity contribution in [2.24, 2.45) is 0 Å². The molecule has 0 aliphatic carbocycles. The lowest BCUT2D eigenvalue weighted by atomic mass is 9.79.